The summed E-state index contributed by atoms with van der Waals surface area (Å²) in [5.74, 6) is -0.315. The maximum atomic E-state index is 11.3. The molecule has 2 aliphatic rings. The number of H-pyrrole nitrogens is 1. The topological polar surface area (TPSA) is 106 Å². The number of amidine groups is 1. The second-order valence-electron chi connectivity index (χ2n) is 6.46. The Morgan fingerprint density at radius 1 is 1.21 bits per heavy atom. The number of benzene rings is 2. The average molecular weight is 371 g/mol. The molecule has 2 aliphatic heterocycles. The first kappa shape index (κ1) is 16.1. The van der Waals surface area contributed by atoms with Crippen LogP contribution in [0.5, 0.6) is 0 Å². The zero-order valence-corrected chi connectivity index (χ0v) is 14.6. The normalized spacial score (nSPS) is 17.7. The predicted octanol–water partition coefficient (Wildman–Crippen LogP) is 2.58. The standard InChI is InChI=1S/C20H14N6O2/c27-20(28)13-3-1-2-12(8-13)17-11-26-7-6-21-19(26)18(24-17)23-15-5-4-14-10-22-25-16(14)9-15/h1-11,19,21H,(H,27,28)/p+1. The number of hydrogen-bond donors (Lipinski definition) is 3. The van der Waals surface area contributed by atoms with Crippen molar-refractivity contribution in [1.82, 2.24) is 10.2 Å². The molecule has 0 spiro atoms. The molecule has 0 saturated carbocycles. The van der Waals surface area contributed by atoms with Gasteiger partial charge in [-0.05, 0) is 30.3 Å². The van der Waals surface area contributed by atoms with Crippen LogP contribution in [0.15, 0.2) is 64.8 Å². The fourth-order valence-corrected chi connectivity index (χ4v) is 3.24. The molecule has 0 bridgehead atoms. The Morgan fingerprint density at radius 2 is 2.14 bits per heavy atom. The number of carboxylic acid groups (broad SMARTS) is 1. The van der Waals surface area contributed by atoms with Gasteiger partial charge < -0.3 is 10.4 Å². The highest BCUT2D eigenvalue weighted by molar-refractivity contribution is 6.17. The van der Waals surface area contributed by atoms with Crippen LogP contribution in [-0.2, 0) is 0 Å². The molecule has 0 saturated heterocycles. The molecule has 3 N–H and O–H groups in total. The van der Waals surface area contributed by atoms with E-state index in [1.165, 1.54) is 0 Å². The summed E-state index contributed by atoms with van der Waals surface area (Å²) in [5, 5.41) is 20.6. The average Bonchev–Trinajstić information content (AvgIpc) is 3.36. The third-order valence-electron chi connectivity index (χ3n) is 4.62. The third kappa shape index (κ3) is 2.77. The van der Waals surface area contributed by atoms with Crippen LogP contribution in [0, 0.1) is 0 Å². The summed E-state index contributed by atoms with van der Waals surface area (Å²) >= 11 is 0. The number of hydrogen-bond acceptors (Lipinski definition) is 5. The highest BCUT2D eigenvalue weighted by Crippen LogP contribution is 2.25. The first-order valence-corrected chi connectivity index (χ1v) is 8.66. The zero-order chi connectivity index (χ0) is 19.1. The Balaban J connectivity index is 1.53. The molecular formula is C20H15N6O2+. The highest BCUT2D eigenvalue weighted by Gasteiger charge is 2.33. The van der Waals surface area contributed by atoms with Gasteiger partial charge in [-0.25, -0.2) is 14.8 Å². The maximum Gasteiger partial charge on any atom is 0.335 e. The molecule has 1 atom stereocenters. The Morgan fingerprint density at radius 3 is 3.04 bits per heavy atom. The van der Waals surface area contributed by atoms with E-state index in [1.54, 1.807) is 30.6 Å². The van der Waals surface area contributed by atoms with Crippen LogP contribution in [0.3, 0.4) is 0 Å². The minimum absolute atomic E-state index is 0.219. The van der Waals surface area contributed by atoms with Crippen LogP contribution in [0.2, 0.25) is 0 Å². The van der Waals surface area contributed by atoms with Gasteiger partial charge in [-0.15, -0.1) is 0 Å². The Hall–Kier alpha value is -4.07. The lowest BCUT2D eigenvalue weighted by Crippen LogP contribution is -2.35. The van der Waals surface area contributed by atoms with Crippen LogP contribution in [-0.4, -0.2) is 50.3 Å². The van der Waals surface area contributed by atoms with Gasteiger partial charge in [0.1, 0.15) is 5.70 Å². The summed E-state index contributed by atoms with van der Waals surface area (Å²) in [6.45, 7) is 0. The Bertz CT molecular complexity index is 1230. The molecule has 0 aliphatic carbocycles. The summed E-state index contributed by atoms with van der Waals surface area (Å²) in [5.41, 5.74) is 3.38. The van der Waals surface area contributed by atoms with Crippen LogP contribution in [0.1, 0.15) is 15.9 Å². The third-order valence-corrected chi connectivity index (χ3v) is 4.62. The summed E-state index contributed by atoms with van der Waals surface area (Å²) < 4.78 is 1.94. The fourth-order valence-electron chi connectivity index (χ4n) is 3.24. The number of aromatic amines is 1. The Labute approximate surface area is 159 Å². The lowest BCUT2D eigenvalue weighted by molar-refractivity contribution is -0.468. The second-order valence-corrected chi connectivity index (χ2v) is 6.46. The number of carbonyl (C=O) groups is 1. The number of nitrogens with one attached hydrogen (secondary N) is 2. The van der Waals surface area contributed by atoms with Crippen molar-refractivity contribution in [3.8, 4) is 0 Å². The monoisotopic (exact) mass is 371 g/mol. The van der Waals surface area contributed by atoms with Gasteiger partial charge in [0.15, 0.2) is 12.4 Å². The van der Waals surface area contributed by atoms with E-state index in [0.717, 1.165) is 22.2 Å². The quantitative estimate of drug-likeness (QED) is 0.615. The molecular weight excluding hydrogens is 356 g/mol. The predicted molar refractivity (Wildman–Crippen MR) is 107 cm³/mol. The smallest absolute Gasteiger partial charge is 0.335 e. The second kappa shape index (κ2) is 6.27. The van der Waals surface area contributed by atoms with Gasteiger partial charge in [0.05, 0.1) is 23.5 Å². The van der Waals surface area contributed by atoms with Crippen molar-refractivity contribution >= 4 is 46.5 Å². The van der Waals surface area contributed by atoms with E-state index in [1.807, 2.05) is 41.3 Å². The lowest BCUT2D eigenvalue weighted by Gasteiger charge is -2.17. The van der Waals surface area contributed by atoms with Crippen molar-refractivity contribution in [3.63, 3.8) is 0 Å². The van der Waals surface area contributed by atoms with Gasteiger partial charge in [-0.1, -0.05) is 12.1 Å². The van der Waals surface area contributed by atoms with Crippen molar-refractivity contribution in [2.45, 2.75) is 6.17 Å². The Kier molecular flexibility index (Phi) is 3.61. The number of anilines is 1. The number of carboxylic acids is 1. The number of fused-ring (bicyclic) bond motifs is 2. The van der Waals surface area contributed by atoms with Gasteiger partial charge in [0.2, 0.25) is 5.84 Å². The van der Waals surface area contributed by atoms with Crippen molar-refractivity contribution < 1.29 is 14.5 Å². The zero-order valence-electron chi connectivity index (χ0n) is 14.6. The molecule has 136 valence electrons. The maximum absolute atomic E-state index is 11.3. The van der Waals surface area contributed by atoms with Crippen LogP contribution >= 0.6 is 0 Å². The van der Waals surface area contributed by atoms with Crippen molar-refractivity contribution in [2.24, 2.45) is 9.98 Å². The lowest BCUT2D eigenvalue weighted by atomic mass is 10.1. The van der Waals surface area contributed by atoms with E-state index in [4.69, 9.17) is 4.99 Å². The highest BCUT2D eigenvalue weighted by atomic mass is 16.4. The van der Waals surface area contributed by atoms with E-state index in [0.29, 0.717) is 11.5 Å². The number of aromatic nitrogens is 2. The van der Waals surface area contributed by atoms with Gasteiger partial charge in [-0.2, -0.15) is 9.67 Å². The van der Waals surface area contributed by atoms with E-state index in [9.17, 15) is 9.90 Å². The number of aromatic carboxylic acids is 1. The molecule has 0 fully saturated rings. The number of rotatable bonds is 3. The summed E-state index contributed by atoms with van der Waals surface area (Å²) in [4.78, 5) is 20.5. The molecule has 3 heterocycles. The van der Waals surface area contributed by atoms with Gasteiger partial charge in [0, 0.05) is 16.6 Å². The van der Waals surface area contributed by atoms with Gasteiger partial charge in [-0.3, -0.25) is 5.10 Å². The largest absolute Gasteiger partial charge is 0.478 e. The van der Waals surface area contributed by atoms with E-state index in [-0.39, 0.29) is 11.7 Å². The van der Waals surface area contributed by atoms with E-state index in [2.05, 4.69) is 20.5 Å². The summed E-state index contributed by atoms with van der Waals surface area (Å²) in [7, 11) is 0. The van der Waals surface area contributed by atoms with Crippen molar-refractivity contribution in [1.29, 1.82) is 0 Å². The minimum Gasteiger partial charge on any atom is -0.478 e. The first-order valence-electron chi connectivity index (χ1n) is 8.66. The van der Waals surface area contributed by atoms with Crippen LogP contribution < -0.4 is 5.32 Å². The van der Waals surface area contributed by atoms with E-state index < -0.39 is 5.97 Å². The SMILES string of the molecule is O=C(O)c1cccc(C2=C[N+]3=CC=NC3C(Nc3ccc4cn[nH]c4c3)=N2)c1. The summed E-state index contributed by atoms with van der Waals surface area (Å²) in [6, 6.07) is 12.6. The van der Waals surface area contributed by atoms with E-state index >= 15 is 0 Å². The van der Waals surface area contributed by atoms with Gasteiger partial charge in [0.25, 0.3) is 0 Å². The number of aliphatic imine (C=N–C) groups is 2. The molecule has 5 rings (SSSR count). The van der Waals surface area contributed by atoms with Crippen molar-refractivity contribution in [2.75, 3.05) is 5.32 Å². The molecule has 8 nitrogen and oxygen atoms in total. The van der Waals surface area contributed by atoms with Gasteiger partial charge >= 0.3 is 12.1 Å². The van der Waals surface area contributed by atoms with Crippen LogP contribution in [0.25, 0.3) is 16.6 Å². The van der Waals surface area contributed by atoms with Crippen molar-refractivity contribution in [3.05, 3.63) is 66.0 Å². The molecule has 0 amide bonds. The molecule has 28 heavy (non-hydrogen) atoms. The molecule has 0 radical (unpaired) electrons. The van der Waals surface area contributed by atoms with Crippen LogP contribution in [0.4, 0.5) is 5.69 Å². The molecule has 2 aromatic carbocycles. The minimum atomic E-state index is -0.970. The molecule has 1 aromatic heterocycles. The molecule has 8 heteroatoms. The first-order chi connectivity index (χ1) is 13.7. The fraction of sp³-hybridized carbons (Fsp3) is 0.0500. The number of nitrogens with zero attached hydrogens (tertiary/aromatic N) is 4. The molecule has 3 aromatic rings. The molecule has 1 unspecified atom stereocenters. The summed E-state index contributed by atoms with van der Waals surface area (Å²) in [6.07, 6.45) is 6.95.